The SMILES string of the molecule is O=C(O)C1CCCCC1C(=O)O.O=C(O)c1ccccc1C(=O)O.OCCO. The minimum Gasteiger partial charge on any atom is -0.481 e. The van der Waals surface area contributed by atoms with Gasteiger partial charge < -0.3 is 30.6 Å². The number of carboxylic acids is 4. The predicted molar refractivity (Wildman–Crippen MR) is 95.3 cm³/mol. The molecule has 0 heterocycles. The second kappa shape index (κ2) is 13.2. The summed E-state index contributed by atoms with van der Waals surface area (Å²) in [6.45, 7) is -0.250. The van der Waals surface area contributed by atoms with Gasteiger partial charge in [-0.2, -0.15) is 0 Å². The average molecular weight is 400 g/mol. The van der Waals surface area contributed by atoms with E-state index in [1.54, 1.807) is 0 Å². The summed E-state index contributed by atoms with van der Waals surface area (Å²) in [4.78, 5) is 42.1. The molecule has 2 rings (SSSR count). The molecule has 28 heavy (non-hydrogen) atoms. The molecule has 1 aromatic carbocycles. The zero-order valence-corrected chi connectivity index (χ0v) is 15.0. The van der Waals surface area contributed by atoms with Crippen LogP contribution in [-0.2, 0) is 9.59 Å². The zero-order chi connectivity index (χ0) is 21.7. The van der Waals surface area contributed by atoms with Gasteiger partial charge in [-0.1, -0.05) is 25.0 Å². The van der Waals surface area contributed by atoms with Crippen LogP contribution in [0.25, 0.3) is 0 Å². The Balaban J connectivity index is 0.000000439. The molecule has 1 aliphatic carbocycles. The molecule has 10 nitrogen and oxygen atoms in total. The van der Waals surface area contributed by atoms with E-state index in [4.69, 9.17) is 30.6 Å². The predicted octanol–water partition coefficient (Wildman–Crippen LogP) is 1.02. The van der Waals surface area contributed by atoms with Gasteiger partial charge in [0, 0.05) is 0 Å². The fraction of sp³-hybridized carbons (Fsp3) is 0.444. The van der Waals surface area contributed by atoms with Crippen LogP contribution in [0.15, 0.2) is 24.3 Å². The van der Waals surface area contributed by atoms with Crippen molar-refractivity contribution < 1.29 is 49.8 Å². The van der Waals surface area contributed by atoms with Gasteiger partial charge in [0.05, 0.1) is 36.2 Å². The normalized spacial score (nSPS) is 17.8. The van der Waals surface area contributed by atoms with Gasteiger partial charge in [-0.15, -0.1) is 0 Å². The second-order valence-corrected chi connectivity index (χ2v) is 5.78. The number of rotatable bonds is 5. The molecule has 1 aromatic rings. The van der Waals surface area contributed by atoms with Crippen LogP contribution in [0.1, 0.15) is 46.4 Å². The van der Waals surface area contributed by atoms with Crippen LogP contribution in [-0.4, -0.2) is 67.7 Å². The molecule has 0 aromatic heterocycles. The molecule has 0 aliphatic heterocycles. The number of hydrogen-bond acceptors (Lipinski definition) is 6. The number of aliphatic hydroxyl groups excluding tert-OH is 2. The van der Waals surface area contributed by atoms with Crippen LogP contribution in [0.4, 0.5) is 0 Å². The van der Waals surface area contributed by atoms with Crippen molar-refractivity contribution in [3.63, 3.8) is 0 Å². The van der Waals surface area contributed by atoms with Gasteiger partial charge in [-0.05, 0) is 25.0 Å². The van der Waals surface area contributed by atoms with Gasteiger partial charge in [0.2, 0.25) is 0 Å². The Morgan fingerprint density at radius 3 is 1.25 bits per heavy atom. The van der Waals surface area contributed by atoms with E-state index >= 15 is 0 Å². The highest BCUT2D eigenvalue weighted by molar-refractivity contribution is 6.01. The highest BCUT2D eigenvalue weighted by Crippen LogP contribution is 2.30. The molecule has 2 unspecified atom stereocenters. The summed E-state index contributed by atoms with van der Waals surface area (Å²) < 4.78 is 0. The van der Waals surface area contributed by atoms with Gasteiger partial charge >= 0.3 is 23.9 Å². The Labute approximate surface area is 160 Å². The van der Waals surface area contributed by atoms with Crippen molar-refractivity contribution in [3.05, 3.63) is 35.4 Å². The van der Waals surface area contributed by atoms with E-state index in [0.717, 1.165) is 12.8 Å². The molecule has 10 heteroatoms. The van der Waals surface area contributed by atoms with Crippen molar-refractivity contribution >= 4 is 23.9 Å². The summed E-state index contributed by atoms with van der Waals surface area (Å²) in [5.41, 5.74) is -0.380. The lowest BCUT2D eigenvalue weighted by Gasteiger charge is -2.24. The molecule has 6 N–H and O–H groups in total. The van der Waals surface area contributed by atoms with Crippen LogP contribution in [0.2, 0.25) is 0 Å². The number of carbonyl (C=O) groups is 4. The summed E-state index contributed by atoms with van der Waals surface area (Å²) in [7, 11) is 0. The molecule has 0 saturated heterocycles. The van der Waals surface area contributed by atoms with E-state index in [9.17, 15) is 19.2 Å². The molecule has 156 valence electrons. The van der Waals surface area contributed by atoms with E-state index in [1.807, 2.05) is 0 Å². The third-order valence-corrected chi connectivity index (χ3v) is 3.89. The molecule has 0 spiro atoms. The van der Waals surface area contributed by atoms with Gasteiger partial charge in [-0.25, -0.2) is 9.59 Å². The van der Waals surface area contributed by atoms with Crippen molar-refractivity contribution in [2.45, 2.75) is 25.7 Å². The first kappa shape index (κ1) is 25.0. The van der Waals surface area contributed by atoms with E-state index in [-0.39, 0.29) is 24.3 Å². The minimum absolute atomic E-state index is 0.125. The molecule has 1 fully saturated rings. The fourth-order valence-corrected chi connectivity index (χ4v) is 2.58. The molecule has 1 aliphatic rings. The van der Waals surface area contributed by atoms with Gasteiger partial charge in [0.15, 0.2) is 0 Å². The number of aromatic carboxylic acids is 2. The zero-order valence-electron chi connectivity index (χ0n) is 15.0. The van der Waals surface area contributed by atoms with Crippen molar-refractivity contribution in [2.24, 2.45) is 11.8 Å². The fourth-order valence-electron chi connectivity index (χ4n) is 2.58. The van der Waals surface area contributed by atoms with E-state index in [0.29, 0.717) is 12.8 Å². The lowest BCUT2D eigenvalue weighted by atomic mass is 9.79. The Morgan fingerprint density at radius 2 is 1.04 bits per heavy atom. The molecular weight excluding hydrogens is 376 g/mol. The van der Waals surface area contributed by atoms with Crippen molar-refractivity contribution in [2.75, 3.05) is 13.2 Å². The first-order chi connectivity index (χ1) is 13.2. The lowest BCUT2D eigenvalue weighted by Crippen LogP contribution is -2.32. The largest absolute Gasteiger partial charge is 0.481 e. The third kappa shape index (κ3) is 8.60. The molecular formula is C18H24O10. The molecule has 1 saturated carbocycles. The third-order valence-electron chi connectivity index (χ3n) is 3.89. The highest BCUT2D eigenvalue weighted by atomic mass is 16.4. The minimum atomic E-state index is -1.23. The number of aliphatic hydroxyl groups is 2. The topological polar surface area (TPSA) is 190 Å². The van der Waals surface area contributed by atoms with Crippen molar-refractivity contribution in [1.82, 2.24) is 0 Å². The maximum Gasteiger partial charge on any atom is 0.336 e. The van der Waals surface area contributed by atoms with E-state index in [2.05, 4.69) is 0 Å². The Morgan fingerprint density at radius 1 is 0.714 bits per heavy atom. The maximum atomic E-state index is 10.6. The monoisotopic (exact) mass is 400 g/mol. The number of hydrogen-bond donors (Lipinski definition) is 6. The Hall–Kier alpha value is -2.98. The van der Waals surface area contributed by atoms with Gasteiger partial charge in [-0.3, -0.25) is 9.59 Å². The molecule has 2 atom stereocenters. The van der Waals surface area contributed by atoms with E-state index in [1.165, 1.54) is 24.3 Å². The number of aliphatic carboxylic acids is 2. The second-order valence-electron chi connectivity index (χ2n) is 5.78. The van der Waals surface area contributed by atoms with Crippen LogP contribution < -0.4 is 0 Å². The van der Waals surface area contributed by atoms with Crippen LogP contribution in [0.5, 0.6) is 0 Å². The molecule has 0 amide bonds. The maximum absolute atomic E-state index is 10.6. The van der Waals surface area contributed by atoms with Crippen molar-refractivity contribution in [1.29, 1.82) is 0 Å². The average Bonchev–Trinajstić information content (AvgIpc) is 2.68. The first-order valence-electron chi connectivity index (χ1n) is 8.40. The lowest BCUT2D eigenvalue weighted by molar-refractivity contribution is -0.155. The van der Waals surface area contributed by atoms with E-state index < -0.39 is 35.7 Å². The van der Waals surface area contributed by atoms with Gasteiger partial charge in [0.25, 0.3) is 0 Å². The van der Waals surface area contributed by atoms with Crippen LogP contribution in [0, 0.1) is 11.8 Å². The van der Waals surface area contributed by atoms with Crippen LogP contribution in [0.3, 0.4) is 0 Å². The molecule has 0 bridgehead atoms. The number of benzene rings is 1. The summed E-state index contributed by atoms with van der Waals surface area (Å²) in [6, 6.07) is 5.48. The smallest absolute Gasteiger partial charge is 0.336 e. The van der Waals surface area contributed by atoms with Gasteiger partial charge in [0.1, 0.15) is 0 Å². The Bertz CT molecular complexity index is 613. The first-order valence-corrected chi connectivity index (χ1v) is 8.40. The summed E-state index contributed by atoms with van der Waals surface area (Å²) in [5, 5.41) is 49.7. The summed E-state index contributed by atoms with van der Waals surface area (Å²) in [6.07, 6.45) is 2.68. The highest BCUT2D eigenvalue weighted by Gasteiger charge is 2.35. The summed E-state index contributed by atoms with van der Waals surface area (Å²) in [5.74, 6) is -5.74. The quantitative estimate of drug-likeness (QED) is 0.416. The standard InChI is InChI=1S/C8H12O4.C8H6O4.C2H6O2/c2*9-7(10)5-3-1-2-4-6(5)8(11)12;3-1-2-4/h5-6H,1-4H2,(H,9,10)(H,11,12);1-4H,(H,9,10)(H,11,12);3-4H,1-2H2. The Kier molecular flexibility index (Phi) is 11.8. The molecule has 0 radical (unpaired) electrons. The number of carboxylic acid groups (broad SMARTS) is 4. The van der Waals surface area contributed by atoms with Crippen molar-refractivity contribution in [3.8, 4) is 0 Å². The van der Waals surface area contributed by atoms with Crippen LogP contribution >= 0.6 is 0 Å². The summed E-state index contributed by atoms with van der Waals surface area (Å²) >= 11 is 0.